The van der Waals surface area contributed by atoms with Gasteiger partial charge in [-0.1, -0.05) is 89.5 Å². The van der Waals surface area contributed by atoms with Crippen LogP contribution in [0.3, 0.4) is 0 Å². The summed E-state index contributed by atoms with van der Waals surface area (Å²) in [6.45, 7) is 29.3. The van der Waals surface area contributed by atoms with Gasteiger partial charge in [0.05, 0.1) is 0 Å². The third-order valence-electron chi connectivity index (χ3n) is 7.47. The Morgan fingerprint density at radius 2 is 1.11 bits per heavy atom. The van der Waals surface area contributed by atoms with Crippen LogP contribution in [0.25, 0.3) is 0 Å². The molecule has 0 aromatic heterocycles. The summed E-state index contributed by atoms with van der Waals surface area (Å²) in [4.78, 5) is 0. The Morgan fingerprint density at radius 1 is 0.737 bits per heavy atom. The molecule has 0 N–H and O–H groups in total. The van der Waals surface area contributed by atoms with Crippen LogP contribution in [0.5, 0.6) is 0 Å². The van der Waals surface area contributed by atoms with Crippen molar-refractivity contribution in [1.82, 2.24) is 0 Å². The van der Waals surface area contributed by atoms with E-state index >= 15 is 0 Å². The first-order valence-electron chi connectivity index (χ1n) is 8.17. The van der Waals surface area contributed by atoms with Crippen molar-refractivity contribution in [2.24, 2.45) is 33.5 Å². The molecule has 0 heterocycles. The fourth-order valence-electron chi connectivity index (χ4n) is 4.32. The maximum Gasteiger partial charge on any atom is -0.0198 e. The number of hydrogen-bond acceptors (Lipinski definition) is 0. The van der Waals surface area contributed by atoms with Crippen LogP contribution in [0, 0.1) is 33.5 Å². The van der Waals surface area contributed by atoms with Crippen LogP contribution in [0.2, 0.25) is 0 Å². The lowest BCUT2D eigenvalue weighted by atomic mass is 9.42. The summed E-state index contributed by atoms with van der Waals surface area (Å²) in [7, 11) is 0. The highest BCUT2D eigenvalue weighted by Gasteiger charge is 2.57. The van der Waals surface area contributed by atoms with Gasteiger partial charge in [-0.25, -0.2) is 0 Å². The maximum atomic E-state index is 2.52. The van der Waals surface area contributed by atoms with Crippen molar-refractivity contribution in [3.8, 4) is 0 Å². The summed E-state index contributed by atoms with van der Waals surface area (Å²) in [5.41, 5.74) is 1.21. The van der Waals surface area contributed by atoms with Gasteiger partial charge >= 0.3 is 0 Å². The first-order valence-corrected chi connectivity index (χ1v) is 8.17. The molecule has 0 aliphatic carbocycles. The molecule has 0 fully saturated rings. The monoisotopic (exact) mass is 268 g/mol. The third-order valence-corrected chi connectivity index (χ3v) is 7.47. The van der Waals surface area contributed by atoms with Gasteiger partial charge in [-0.3, -0.25) is 0 Å². The molecule has 0 aliphatic rings. The van der Waals surface area contributed by atoms with Crippen LogP contribution in [0.1, 0.15) is 89.5 Å². The maximum absolute atomic E-state index is 2.52. The van der Waals surface area contributed by atoms with Gasteiger partial charge in [-0.05, 0) is 33.5 Å². The SMILES string of the molecule is CCC(C)C(C)(C)C(C)(C)C(C)(C(C)C)C(C)(C)C. The van der Waals surface area contributed by atoms with Crippen molar-refractivity contribution in [1.29, 1.82) is 0 Å². The second-order valence-electron chi connectivity index (χ2n) is 9.26. The standard InChI is InChI=1S/C19H40/c1-13-15(4)17(8,9)18(10,11)19(12,14(2)3)16(5,6)7/h14-15H,13H2,1-12H3. The average Bonchev–Trinajstić information content (AvgIpc) is 2.24. The Labute approximate surface area is 123 Å². The average molecular weight is 269 g/mol. The minimum Gasteiger partial charge on any atom is -0.0651 e. The Morgan fingerprint density at radius 3 is 1.32 bits per heavy atom. The summed E-state index contributed by atoms with van der Waals surface area (Å²) >= 11 is 0. The Balaban J connectivity index is 5.97. The fraction of sp³-hybridized carbons (Fsp3) is 1.00. The number of hydrogen-bond donors (Lipinski definition) is 0. The highest BCUT2D eigenvalue weighted by Crippen LogP contribution is 2.64. The zero-order chi connectivity index (χ0) is 15.9. The molecule has 0 spiro atoms. The summed E-state index contributed by atoms with van der Waals surface area (Å²) in [6, 6.07) is 0. The lowest BCUT2D eigenvalue weighted by Crippen LogP contribution is -2.56. The molecule has 0 aromatic rings. The van der Waals surface area contributed by atoms with Crippen molar-refractivity contribution in [3.05, 3.63) is 0 Å². The minimum atomic E-state index is 0.280. The van der Waals surface area contributed by atoms with E-state index < -0.39 is 0 Å². The molecule has 0 radical (unpaired) electrons. The van der Waals surface area contributed by atoms with E-state index in [9.17, 15) is 0 Å². The molecule has 0 heteroatoms. The van der Waals surface area contributed by atoms with Gasteiger partial charge in [0.15, 0.2) is 0 Å². The molecule has 0 saturated heterocycles. The Kier molecular flexibility index (Phi) is 5.41. The first-order chi connectivity index (χ1) is 8.17. The van der Waals surface area contributed by atoms with Crippen LogP contribution < -0.4 is 0 Å². The Hall–Kier alpha value is 0. The number of rotatable bonds is 5. The topological polar surface area (TPSA) is 0 Å². The van der Waals surface area contributed by atoms with Crippen LogP contribution in [0.15, 0.2) is 0 Å². The Bertz CT molecular complexity index is 288. The van der Waals surface area contributed by atoms with E-state index in [0.29, 0.717) is 22.2 Å². The normalized spacial score (nSPS) is 19.4. The summed E-state index contributed by atoms with van der Waals surface area (Å²) in [6.07, 6.45) is 1.26. The van der Waals surface area contributed by atoms with Crippen molar-refractivity contribution in [3.63, 3.8) is 0 Å². The highest BCUT2D eigenvalue weighted by atomic mass is 14.6. The molecule has 116 valence electrons. The van der Waals surface area contributed by atoms with Gasteiger partial charge in [0, 0.05) is 0 Å². The molecule has 0 saturated carbocycles. The second-order valence-corrected chi connectivity index (χ2v) is 9.26. The first kappa shape index (κ1) is 19.0. The van der Waals surface area contributed by atoms with Crippen molar-refractivity contribution < 1.29 is 0 Å². The highest BCUT2D eigenvalue weighted by molar-refractivity contribution is 5.06. The van der Waals surface area contributed by atoms with Crippen molar-refractivity contribution >= 4 is 0 Å². The third kappa shape index (κ3) is 2.74. The van der Waals surface area contributed by atoms with E-state index in [1.54, 1.807) is 0 Å². The van der Waals surface area contributed by atoms with Crippen molar-refractivity contribution in [2.75, 3.05) is 0 Å². The molecule has 0 bridgehead atoms. The molecule has 0 aromatic carbocycles. The molecule has 0 rings (SSSR count). The molecular weight excluding hydrogens is 228 g/mol. The lowest BCUT2D eigenvalue weighted by molar-refractivity contribution is -0.147. The summed E-state index contributed by atoms with van der Waals surface area (Å²) in [5.74, 6) is 1.41. The summed E-state index contributed by atoms with van der Waals surface area (Å²) in [5, 5.41) is 0. The van der Waals surface area contributed by atoms with E-state index in [2.05, 4.69) is 83.1 Å². The smallest absolute Gasteiger partial charge is 0.0198 e. The van der Waals surface area contributed by atoms with Gasteiger partial charge in [-0.2, -0.15) is 0 Å². The van der Waals surface area contributed by atoms with Gasteiger partial charge in [0.25, 0.3) is 0 Å². The molecule has 2 unspecified atom stereocenters. The van der Waals surface area contributed by atoms with E-state index in [4.69, 9.17) is 0 Å². The predicted molar refractivity (Wildman–Crippen MR) is 89.4 cm³/mol. The van der Waals surface area contributed by atoms with Gasteiger partial charge < -0.3 is 0 Å². The molecular formula is C19H40. The van der Waals surface area contributed by atoms with Crippen LogP contribution in [-0.4, -0.2) is 0 Å². The zero-order valence-electron chi connectivity index (χ0n) is 15.9. The molecule has 0 amide bonds. The van der Waals surface area contributed by atoms with E-state index in [1.165, 1.54) is 6.42 Å². The molecule has 19 heavy (non-hydrogen) atoms. The minimum absolute atomic E-state index is 0.280. The van der Waals surface area contributed by atoms with Gasteiger partial charge in [-0.15, -0.1) is 0 Å². The van der Waals surface area contributed by atoms with Gasteiger partial charge in [0.1, 0.15) is 0 Å². The second kappa shape index (κ2) is 5.41. The van der Waals surface area contributed by atoms with E-state index in [-0.39, 0.29) is 5.41 Å². The van der Waals surface area contributed by atoms with E-state index in [1.807, 2.05) is 0 Å². The molecule has 0 nitrogen and oxygen atoms in total. The zero-order valence-corrected chi connectivity index (χ0v) is 15.9. The largest absolute Gasteiger partial charge is 0.0651 e. The quantitative estimate of drug-likeness (QED) is 0.514. The fourth-order valence-corrected chi connectivity index (χ4v) is 4.32. The van der Waals surface area contributed by atoms with Crippen molar-refractivity contribution in [2.45, 2.75) is 89.5 Å². The molecule has 0 aliphatic heterocycles. The lowest BCUT2D eigenvalue weighted by Gasteiger charge is -2.63. The molecule has 2 atom stereocenters. The van der Waals surface area contributed by atoms with Gasteiger partial charge in [0.2, 0.25) is 0 Å². The van der Waals surface area contributed by atoms with Crippen LogP contribution in [-0.2, 0) is 0 Å². The van der Waals surface area contributed by atoms with E-state index in [0.717, 1.165) is 5.92 Å². The summed E-state index contributed by atoms with van der Waals surface area (Å²) < 4.78 is 0. The predicted octanol–water partition coefficient (Wildman–Crippen LogP) is 6.79. The van der Waals surface area contributed by atoms with Crippen LogP contribution in [0.4, 0.5) is 0 Å². The van der Waals surface area contributed by atoms with Crippen LogP contribution >= 0.6 is 0 Å².